The molecule has 3 heterocycles. The van der Waals surface area contributed by atoms with Crippen molar-refractivity contribution in [3.8, 4) is 22.9 Å². The SMILES string of the molecule is OC(CCc1cn(Cc2ccccc2)cn1)(c1ccc(-c2ncco2)cc1)c1ccc(-c2ncco2)cc1. The number of imidazole rings is 1. The molecule has 0 atom stereocenters. The van der Waals surface area contributed by atoms with E-state index in [1.165, 1.54) is 5.56 Å². The van der Waals surface area contributed by atoms with E-state index in [-0.39, 0.29) is 0 Å². The molecule has 0 aliphatic rings. The Bertz CT molecular complexity index is 1490. The molecule has 7 nitrogen and oxygen atoms in total. The highest BCUT2D eigenvalue weighted by Crippen LogP contribution is 2.36. The second-order valence-electron chi connectivity index (χ2n) is 9.21. The molecule has 7 heteroatoms. The van der Waals surface area contributed by atoms with Gasteiger partial charge in [0.05, 0.1) is 24.4 Å². The van der Waals surface area contributed by atoms with E-state index in [1.807, 2.05) is 79.3 Å². The van der Waals surface area contributed by atoms with E-state index in [9.17, 15) is 5.11 Å². The van der Waals surface area contributed by atoms with Crippen LogP contribution in [0.3, 0.4) is 0 Å². The molecule has 6 rings (SSSR count). The van der Waals surface area contributed by atoms with E-state index in [4.69, 9.17) is 8.83 Å². The molecule has 1 N–H and O–H groups in total. The van der Waals surface area contributed by atoms with Gasteiger partial charge in [-0.15, -0.1) is 0 Å². The highest BCUT2D eigenvalue weighted by atomic mass is 16.3. The second kappa shape index (κ2) is 10.3. The molecule has 188 valence electrons. The Labute approximate surface area is 220 Å². The van der Waals surface area contributed by atoms with Crippen molar-refractivity contribution in [3.63, 3.8) is 0 Å². The maximum Gasteiger partial charge on any atom is 0.225 e. The zero-order valence-electron chi connectivity index (χ0n) is 20.6. The molecule has 6 aromatic rings. The van der Waals surface area contributed by atoms with Gasteiger partial charge in [-0.25, -0.2) is 15.0 Å². The van der Waals surface area contributed by atoms with Crippen LogP contribution >= 0.6 is 0 Å². The summed E-state index contributed by atoms with van der Waals surface area (Å²) in [5.41, 5.74) is 4.14. The summed E-state index contributed by atoms with van der Waals surface area (Å²) < 4.78 is 12.9. The van der Waals surface area contributed by atoms with Crippen LogP contribution in [0.25, 0.3) is 22.9 Å². The molecule has 0 unspecified atom stereocenters. The van der Waals surface area contributed by atoms with E-state index in [0.29, 0.717) is 24.6 Å². The van der Waals surface area contributed by atoms with Crippen LogP contribution in [0.15, 0.2) is 125 Å². The van der Waals surface area contributed by atoms with Crippen molar-refractivity contribution in [2.24, 2.45) is 0 Å². The lowest BCUT2D eigenvalue weighted by Gasteiger charge is -2.29. The minimum Gasteiger partial charge on any atom is -0.445 e. The summed E-state index contributed by atoms with van der Waals surface area (Å²) >= 11 is 0. The zero-order chi connectivity index (χ0) is 25.8. The van der Waals surface area contributed by atoms with Gasteiger partial charge >= 0.3 is 0 Å². The smallest absolute Gasteiger partial charge is 0.225 e. The van der Waals surface area contributed by atoms with Crippen LogP contribution in [-0.2, 0) is 18.6 Å². The minimum absolute atomic E-state index is 0.450. The van der Waals surface area contributed by atoms with E-state index >= 15 is 0 Å². The monoisotopic (exact) mass is 502 g/mol. The van der Waals surface area contributed by atoms with Gasteiger partial charge in [0.2, 0.25) is 11.8 Å². The van der Waals surface area contributed by atoms with Crippen molar-refractivity contribution in [3.05, 3.63) is 139 Å². The van der Waals surface area contributed by atoms with Gasteiger partial charge in [0, 0.05) is 23.9 Å². The van der Waals surface area contributed by atoms with Crippen molar-refractivity contribution in [2.45, 2.75) is 25.0 Å². The van der Waals surface area contributed by atoms with Gasteiger partial charge in [-0.2, -0.15) is 0 Å². The van der Waals surface area contributed by atoms with Crippen LogP contribution in [0, 0.1) is 0 Å². The molecule has 38 heavy (non-hydrogen) atoms. The van der Waals surface area contributed by atoms with E-state index < -0.39 is 5.60 Å². The highest BCUT2D eigenvalue weighted by Gasteiger charge is 2.32. The number of oxazole rings is 2. The first-order chi connectivity index (χ1) is 18.7. The molecule has 0 saturated carbocycles. The second-order valence-corrected chi connectivity index (χ2v) is 9.21. The first kappa shape index (κ1) is 23.6. The Morgan fingerprint density at radius 2 is 1.29 bits per heavy atom. The fourth-order valence-corrected chi connectivity index (χ4v) is 4.69. The largest absolute Gasteiger partial charge is 0.445 e. The summed E-state index contributed by atoms with van der Waals surface area (Å²) in [6.45, 7) is 0.753. The number of aliphatic hydroxyl groups is 1. The van der Waals surface area contributed by atoms with Crippen LogP contribution in [0.5, 0.6) is 0 Å². The van der Waals surface area contributed by atoms with Crippen LogP contribution in [-0.4, -0.2) is 24.6 Å². The third-order valence-corrected chi connectivity index (χ3v) is 6.72. The Morgan fingerprint density at radius 3 is 1.82 bits per heavy atom. The van der Waals surface area contributed by atoms with Crippen molar-refractivity contribution < 1.29 is 13.9 Å². The summed E-state index contributed by atoms with van der Waals surface area (Å²) in [7, 11) is 0. The lowest BCUT2D eigenvalue weighted by atomic mass is 9.81. The topological polar surface area (TPSA) is 90.1 Å². The van der Waals surface area contributed by atoms with Gasteiger partial charge < -0.3 is 18.5 Å². The summed E-state index contributed by atoms with van der Waals surface area (Å²) in [6, 6.07) is 25.7. The molecule has 0 saturated heterocycles. The standard InChI is InChI=1S/C31H26N4O3/c36-31(26-10-6-24(7-11-26)29-32-16-18-37-29,27-12-8-25(9-13-27)30-33-17-19-38-30)15-14-28-21-35(22-34-28)20-23-4-2-1-3-5-23/h1-13,16-19,21-22,36H,14-15,20H2. The summed E-state index contributed by atoms with van der Waals surface area (Å²) in [5.74, 6) is 1.08. The van der Waals surface area contributed by atoms with Gasteiger partial charge in [0.25, 0.3) is 0 Å². The Hall–Kier alpha value is -4.75. The van der Waals surface area contributed by atoms with Gasteiger partial charge in [-0.1, -0.05) is 54.6 Å². The summed E-state index contributed by atoms with van der Waals surface area (Å²) in [6.07, 6.45) is 11.3. The number of rotatable bonds is 9. The normalized spacial score (nSPS) is 11.6. The Kier molecular flexibility index (Phi) is 6.42. The lowest BCUT2D eigenvalue weighted by molar-refractivity contribution is 0.0711. The van der Waals surface area contributed by atoms with Gasteiger partial charge in [0.1, 0.15) is 18.1 Å². The number of hydrogen-bond acceptors (Lipinski definition) is 6. The van der Waals surface area contributed by atoms with E-state index in [1.54, 1.807) is 24.9 Å². The Balaban J connectivity index is 1.27. The molecule has 0 aliphatic heterocycles. The number of nitrogens with zero attached hydrogens (tertiary/aromatic N) is 4. The number of hydrogen-bond donors (Lipinski definition) is 1. The molecule has 0 aliphatic carbocycles. The molecular formula is C31H26N4O3. The fourth-order valence-electron chi connectivity index (χ4n) is 4.69. The first-order valence-corrected chi connectivity index (χ1v) is 12.5. The number of benzene rings is 3. The Morgan fingerprint density at radius 1 is 0.711 bits per heavy atom. The van der Waals surface area contributed by atoms with Crippen molar-refractivity contribution in [1.29, 1.82) is 0 Å². The van der Waals surface area contributed by atoms with Crippen LogP contribution < -0.4 is 0 Å². The number of aromatic nitrogens is 4. The molecule has 3 aromatic carbocycles. The average Bonchev–Trinajstić information content (AvgIpc) is 3.76. The molecule has 0 bridgehead atoms. The summed E-state index contributed by atoms with van der Waals surface area (Å²) in [4.78, 5) is 13.1. The zero-order valence-corrected chi connectivity index (χ0v) is 20.6. The third kappa shape index (κ3) is 4.92. The molecule has 0 radical (unpaired) electrons. The third-order valence-electron chi connectivity index (χ3n) is 6.72. The highest BCUT2D eigenvalue weighted by molar-refractivity contribution is 5.56. The van der Waals surface area contributed by atoms with Crippen LogP contribution in [0.2, 0.25) is 0 Å². The number of aryl methyl sites for hydroxylation is 1. The quantitative estimate of drug-likeness (QED) is 0.257. The summed E-state index contributed by atoms with van der Waals surface area (Å²) in [5, 5.41) is 12.2. The maximum atomic E-state index is 12.2. The molecular weight excluding hydrogens is 476 g/mol. The van der Waals surface area contributed by atoms with Crippen molar-refractivity contribution in [1.82, 2.24) is 19.5 Å². The van der Waals surface area contributed by atoms with Crippen molar-refractivity contribution in [2.75, 3.05) is 0 Å². The molecule has 0 spiro atoms. The van der Waals surface area contributed by atoms with Crippen molar-refractivity contribution >= 4 is 0 Å². The van der Waals surface area contributed by atoms with E-state index in [2.05, 4.69) is 31.7 Å². The molecule has 0 amide bonds. The van der Waals surface area contributed by atoms with Gasteiger partial charge in [-0.05, 0) is 53.8 Å². The van der Waals surface area contributed by atoms with Gasteiger partial charge in [-0.3, -0.25) is 0 Å². The lowest BCUT2D eigenvalue weighted by Crippen LogP contribution is -2.28. The molecule has 3 aromatic heterocycles. The van der Waals surface area contributed by atoms with E-state index in [0.717, 1.165) is 34.5 Å². The maximum absolute atomic E-state index is 12.2. The predicted molar refractivity (Wildman–Crippen MR) is 143 cm³/mol. The van der Waals surface area contributed by atoms with Crippen LogP contribution in [0.1, 0.15) is 28.8 Å². The fraction of sp³-hybridized carbons (Fsp3) is 0.129. The van der Waals surface area contributed by atoms with Crippen LogP contribution in [0.4, 0.5) is 0 Å². The first-order valence-electron chi connectivity index (χ1n) is 12.5. The average molecular weight is 503 g/mol. The minimum atomic E-state index is -1.24. The predicted octanol–water partition coefficient (Wildman–Crippen LogP) is 6.11. The molecule has 0 fully saturated rings. The van der Waals surface area contributed by atoms with Gasteiger partial charge in [0.15, 0.2) is 0 Å².